The van der Waals surface area contributed by atoms with Gasteiger partial charge in [-0.05, 0) is 17.7 Å². The molecule has 1 aromatic carbocycles. The van der Waals surface area contributed by atoms with E-state index in [1.54, 1.807) is 6.07 Å². The van der Waals surface area contributed by atoms with E-state index >= 15 is 0 Å². The van der Waals surface area contributed by atoms with E-state index in [1.165, 1.54) is 23.1 Å². The summed E-state index contributed by atoms with van der Waals surface area (Å²) in [6.45, 7) is 0.362. The van der Waals surface area contributed by atoms with E-state index in [4.69, 9.17) is 11.0 Å². The predicted octanol–water partition coefficient (Wildman–Crippen LogP) is 0.919. The van der Waals surface area contributed by atoms with E-state index in [0.29, 0.717) is 12.2 Å². The van der Waals surface area contributed by atoms with Crippen molar-refractivity contribution in [3.8, 4) is 6.07 Å². The highest BCUT2D eigenvalue weighted by atomic mass is 19.1. The molecule has 6 heteroatoms. The summed E-state index contributed by atoms with van der Waals surface area (Å²) in [4.78, 5) is 3.75. The molecule has 0 amide bonds. The molecule has 0 unspecified atom stereocenters. The number of aromatic nitrogens is 3. The van der Waals surface area contributed by atoms with Crippen molar-refractivity contribution < 1.29 is 4.39 Å². The zero-order valence-electron chi connectivity index (χ0n) is 8.26. The molecule has 0 saturated carbocycles. The van der Waals surface area contributed by atoms with Gasteiger partial charge in [-0.25, -0.2) is 14.1 Å². The van der Waals surface area contributed by atoms with Crippen molar-refractivity contribution in [3.63, 3.8) is 0 Å². The molecule has 2 aromatic rings. The molecule has 1 aromatic heterocycles. The zero-order valence-corrected chi connectivity index (χ0v) is 8.26. The van der Waals surface area contributed by atoms with Gasteiger partial charge in [0, 0.05) is 5.69 Å². The van der Waals surface area contributed by atoms with E-state index in [-0.39, 0.29) is 11.6 Å². The minimum Gasteiger partial charge on any atom is -0.398 e. The van der Waals surface area contributed by atoms with Crippen LogP contribution in [0.2, 0.25) is 0 Å². The largest absolute Gasteiger partial charge is 0.398 e. The summed E-state index contributed by atoms with van der Waals surface area (Å²) >= 11 is 0. The lowest BCUT2D eigenvalue weighted by molar-refractivity contribution is 0.625. The maximum Gasteiger partial charge on any atom is 0.252 e. The molecule has 5 nitrogen and oxygen atoms in total. The zero-order chi connectivity index (χ0) is 11.5. The molecule has 2 N–H and O–H groups in total. The van der Waals surface area contributed by atoms with Gasteiger partial charge in [-0.3, -0.25) is 0 Å². The molecular weight excluding hydrogens is 209 g/mol. The second kappa shape index (κ2) is 3.98. The lowest BCUT2D eigenvalue weighted by Gasteiger charge is -2.04. The van der Waals surface area contributed by atoms with Crippen LogP contribution in [-0.2, 0) is 6.54 Å². The molecule has 16 heavy (non-hydrogen) atoms. The van der Waals surface area contributed by atoms with Gasteiger partial charge < -0.3 is 5.73 Å². The molecule has 0 fully saturated rings. The molecule has 0 aliphatic heterocycles. The SMILES string of the molecule is N#Cc1ncn(Cc2ccc(F)cc2N)n1. The van der Waals surface area contributed by atoms with Gasteiger partial charge in [0.2, 0.25) is 0 Å². The second-order valence-electron chi connectivity index (χ2n) is 3.22. The van der Waals surface area contributed by atoms with Gasteiger partial charge in [0.15, 0.2) is 0 Å². The Morgan fingerprint density at radius 2 is 2.31 bits per heavy atom. The smallest absolute Gasteiger partial charge is 0.252 e. The van der Waals surface area contributed by atoms with Crippen LogP contribution in [0.25, 0.3) is 0 Å². The number of nitrogens with zero attached hydrogens (tertiary/aromatic N) is 4. The fraction of sp³-hybridized carbons (Fsp3) is 0.100. The Kier molecular flexibility index (Phi) is 2.52. The van der Waals surface area contributed by atoms with Crippen LogP contribution in [0.5, 0.6) is 0 Å². The summed E-state index contributed by atoms with van der Waals surface area (Å²) < 4.78 is 14.3. The van der Waals surface area contributed by atoms with Gasteiger partial charge in [0.25, 0.3) is 5.82 Å². The maximum atomic E-state index is 12.8. The van der Waals surface area contributed by atoms with Crippen LogP contribution in [0.3, 0.4) is 0 Å². The van der Waals surface area contributed by atoms with Crippen molar-refractivity contribution in [1.29, 1.82) is 5.26 Å². The third-order valence-electron chi connectivity index (χ3n) is 2.08. The summed E-state index contributed by atoms with van der Waals surface area (Å²) in [6, 6.07) is 5.98. The summed E-state index contributed by atoms with van der Waals surface area (Å²) in [5.41, 5.74) is 6.73. The Hall–Kier alpha value is -2.42. The van der Waals surface area contributed by atoms with E-state index in [9.17, 15) is 4.39 Å². The van der Waals surface area contributed by atoms with Crippen molar-refractivity contribution >= 4 is 5.69 Å². The molecule has 1 heterocycles. The van der Waals surface area contributed by atoms with Gasteiger partial charge in [-0.2, -0.15) is 5.26 Å². The first-order chi connectivity index (χ1) is 7.69. The van der Waals surface area contributed by atoms with Crippen LogP contribution in [0.4, 0.5) is 10.1 Å². The first-order valence-electron chi connectivity index (χ1n) is 4.52. The van der Waals surface area contributed by atoms with Crippen LogP contribution < -0.4 is 5.73 Å². The highest BCUT2D eigenvalue weighted by molar-refractivity contribution is 5.46. The minimum absolute atomic E-state index is 0.0979. The summed E-state index contributed by atoms with van der Waals surface area (Å²) in [7, 11) is 0. The quantitative estimate of drug-likeness (QED) is 0.758. The highest BCUT2D eigenvalue weighted by Crippen LogP contribution is 2.14. The van der Waals surface area contributed by atoms with Crippen molar-refractivity contribution in [1.82, 2.24) is 14.8 Å². The van der Waals surface area contributed by atoms with Crippen molar-refractivity contribution in [3.05, 3.63) is 41.7 Å². The van der Waals surface area contributed by atoms with E-state index in [2.05, 4.69) is 10.1 Å². The van der Waals surface area contributed by atoms with Gasteiger partial charge in [0.1, 0.15) is 18.2 Å². The predicted molar refractivity (Wildman–Crippen MR) is 54.7 cm³/mol. The number of hydrogen-bond acceptors (Lipinski definition) is 4. The summed E-state index contributed by atoms with van der Waals surface area (Å²) in [6.07, 6.45) is 1.43. The molecule has 0 aliphatic rings. The lowest BCUT2D eigenvalue weighted by Crippen LogP contribution is -2.04. The van der Waals surface area contributed by atoms with Crippen molar-refractivity contribution in [2.75, 3.05) is 5.73 Å². The average Bonchev–Trinajstić information content (AvgIpc) is 2.70. The van der Waals surface area contributed by atoms with Crippen LogP contribution in [0, 0.1) is 17.1 Å². The Morgan fingerprint density at radius 3 is 2.94 bits per heavy atom. The Bertz CT molecular complexity index is 555. The number of nitrogen functional groups attached to an aromatic ring is 1. The molecule has 0 atom stereocenters. The highest BCUT2D eigenvalue weighted by Gasteiger charge is 2.04. The summed E-state index contributed by atoms with van der Waals surface area (Å²) in [5.74, 6) is -0.279. The fourth-order valence-corrected chi connectivity index (χ4v) is 1.31. The Balaban J connectivity index is 2.24. The first-order valence-corrected chi connectivity index (χ1v) is 4.52. The van der Waals surface area contributed by atoms with Gasteiger partial charge in [-0.15, -0.1) is 5.10 Å². The minimum atomic E-state index is -0.377. The van der Waals surface area contributed by atoms with Crippen LogP contribution in [0.15, 0.2) is 24.5 Å². The number of halogens is 1. The molecule has 0 spiro atoms. The van der Waals surface area contributed by atoms with Crippen LogP contribution in [-0.4, -0.2) is 14.8 Å². The molecular formula is C10H8FN5. The van der Waals surface area contributed by atoms with Gasteiger partial charge in [0.05, 0.1) is 6.54 Å². The number of rotatable bonds is 2. The monoisotopic (exact) mass is 217 g/mol. The number of hydrogen-bond donors (Lipinski definition) is 1. The molecule has 0 aliphatic carbocycles. The number of nitriles is 1. The average molecular weight is 217 g/mol. The van der Waals surface area contributed by atoms with Crippen LogP contribution >= 0.6 is 0 Å². The molecule has 0 saturated heterocycles. The number of anilines is 1. The third-order valence-corrected chi connectivity index (χ3v) is 2.08. The van der Waals surface area contributed by atoms with Crippen molar-refractivity contribution in [2.24, 2.45) is 0 Å². The first kappa shape index (κ1) is 10.1. The van der Waals surface area contributed by atoms with Gasteiger partial charge in [-0.1, -0.05) is 6.07 Å². The third kappa shape index (κ3) is 1.98. The standard InChI is InChI=1S/C10H8FN5/c11-8-2-1-7(9(13)3-8)5-16-6-14-10(4-12)15-16/h1-3,6H,5,13H2. The Morgan fingerprint density at radius 1 is 1.50 bits per heavy atom. The molecule has 0 bridgehead atoms. The number of benzene rings is 1. The van der Waals surface area contributed by atoms with Crippen molar-refractivity contribution in [2.45, 2.75) is 6.54 Å². The Labute approximate surface area is 90.9 Å². The topological polar surface area (TPSA) is 80.5 Å². The van der Waals surface area contributed by atoms with Crippen LogP contribution in [0.1, 0.15) is 11.4 Å². The van der Waals surface area contributed by atoms with Gasteiger partial charge >= 0.3 is 0 Å². The molecule has 80 valence electrons. The van der Waals surface area contributed by atoms with E-state index < -0.39 is 0 Å². The fourth-order valence-electron chi connectivity index (χ4n) is 1.31. The normalized spacial score (nSPS) is 10.0. The second-order valence-corrected chi connectivity index (χ2v) is 3.22. The van der Waals surface area contributed by atoms with E-state index in [0.717, 1.165) is 5.56 Å². The molecule has 0 radical (unpaired) electrons. The lowest BCUT2D eigenvalue weighted by atomic mass is 10.2. The molecule has 2 rings (SSSR count). The van der Waals surface area contributed by atoms with E-state index in [1.807, 2.05) is 6.07 Å². The number of nitrogens with two attached hydrogens (primary N) is 1. The summed E-state index contributed by atoms with van der Waals surface area (Å²) in [5, 5.41) is 12.4. The maximum absolute atomic E-state index is 12.8.